The lowest BCUT2D eigenvalue weighted by Crippen LogP contribution is -2.32. The Bertz CT molecular complexity index is 780. The van der Waals surface area contributed by atoms with Crippen molar-refractivity contribution in [2.75, 3.05) is 23.6 Å². The summed E-state index contributed by atoms with van der Waals surface area (Å²) in [5.41, 5.74) is 5.43. The maximum Gasteiger partial charge on any atom is 0.243 e. The molecule has 0 aromatic heterocycles. The van der Waals surface area contributed by atoms with Gasteiger partial charge in [0.2, 0.25) is 20.0 Å². The Morgan fingerprint density at radius 3 is 2.57 bits per heavy atom. The molecule has 1 saturated heterocycles. The quantitative estimate of drug-likeness (QED) is 0.771. The van der Waals surface area contributed by atoms with Gasteiger partial charge in [-0.15, -0.1) is 0 Å². The predicted octanol–water partition coefficient (Wildman–Crippen LogP) is 0.699. The molecule has 130 valence electrons. The average Bonchev–Trinajstić information content (AvgIpc) is 2.88. The molecule has 1 aromatic carbocycles. The largest absolute Gasteiger partial charge is 0.326 e. The summed E-state index contributed by atoms with van der Waals surface area (Å²) in [4.78, 5) is -0.220. The normalized spacial score (nSPS) is 19.9. The Morgan fingerprint density at radius 1 is 1.35 bits per heavy atom. The lowest BCUT2D eigenvalue weighted by atomic mass is 10.3. The van der Waals surface area contributed by atoms with Crippen LogP contribution >= 0.6 is 0 Å². The van der Waals surface area contributed by atoms with Gasteiger partial charge in [-0.25, -0.2) is 21.2 Å². The minimum atomic E-state index is -3.83. The van der Waals surface area contributed by atoms with E-state index in [0.29, 0.717) is 12.8 Å². The van der Waals surface area contributed by atoms with Gasteiger partial charge in [-0.1, -0.05) is 6.92 Å². The van der Waals surface area contributed by atoms with E-state index in [-0.39, 0.29) is 35.5 Å². The number of hydrogen-bond donors (Lipinski definition) is 2. The van der Waals surface area contributed by atoms with E-state index in [9.17, 15) is 21.2 Å². The van der Waals surface area contributed by atoms with E-state index in [1.807, 2.05) is 0 Å². The summed E-state index contributed by atoms with van der Waals surface area (Å²) in [5.74, 6) is -1.08. The molecule has 0 saturated carbocycles. The molecule has 1 aromatic rings. The monoisotopic (exact) mass is 365 g/mol. The number of hydrogen-bond acceptors (Lipinski definition) is 5. The van der Waals surface area contributed by atoms with Gasteiger partial charge in [-0.3, -0.25) is 4.72 Å². The predicted molar refractivity (Wildman–Crippen MR) is 85.5 cm³/mol. The van der Waals surface area contributed by atoms with Crippen molar-refractivity contribution in [2.45, 2.75) is 30.7 Å². The van der Waals surface area contributed by atoms with Crippen LogP contribution in [0.15, 0.2) is 23.1 Å². The zero-order chi connectivity index (χ0) is 17.3. The van der Waals surface area contributed by atoms with Gasteiger partial charge in [-0.05, 0) is 31.0 Å². The van der Waals surface area contributed by atoms with Crippen LogP contribution in [0.5, 0.6) is 0 Å². The molecule has 1 heterocycles. The Labute approximate surface area is 135 Å². The zero-order valence-electron chi connectivity index (χ0n) is 12.7. The first-order valence-electron chi connectivity index (χ1n) is 7.21. The van der Waals surface area contributed by atoms with Crippen LogP contribution in [0.2, 0.25) is 0 Å². The highest BCUT2D eigenvalue weighted by Gasteiger charge is 2.31. The maximum absolute atomic E-state index is 14.1. The Morgan fingerprint density at radius 2 is 2.04 bits per heavy atom. The van der Waals surface area contributed by atoms with Gasteiger partial charge in [0.05, 0.1) is 16.3 Å². The van der Waals surface area contributed by atoms with E-state index >= 15 is 0 Å². The van der Waals surface area contributed by atoms with Gasteiger partial charge in [-0.2, -0.15) is 4.31 Å². The molecule has 1 aliphatic rings. The molecule has 23 heavy (non-hydrogen) atoms. The topological polar surface area (TPSA) is 110 Å². The maximum atomic E-state index is 14.1. The van der Waals surface area contributed by atoms with Gasteiger partial charge in [0.15, 0.2) is 0 Å². The summed E-state index contributed by atoms with van der Waals surface area (Å²) in [6.45, 7) is 2.16. The first-order valence-corrected chi connectivity index (χ1v) is 10.3. The SMILES string of the molecule is CCCS(=O)(=O)Nc1ccc(S(=O)(=O)N2CC[C@@H](N)C2)cc1F. The van der Waals surface area contributed by atoms with Crippen LogP contribution in [0.25, 0.3) is 0 Å². The van der Waals surface area contributed by atoms with Gasteiger partial charge < -0.3 is 5.73 Å². The molecule has 0 spiro atoms. The van der Waals surface area contributed by atoms with Gasteiger partial charge in [0, 0.05) is 19.1 Å². The highest BCUT2D eigenvalue weighted by Crippen LogP contribution is 2.24. The second-order valence-corrected chi connectivity index (χ2v) is 9.25. The van der Waals surface area contributed by atoms with E-state index in [1.165, 1.54) is 10.4 Å². The van der Waals surface area contributed by atoms with E-state index < -0.39 is 25.9 Å². The molecule has 7 nitrogen and oxygen atoms in total. The zero-order valence-corrected chi connectivity index (χ0v) is 14.3. The van der Waals surface area contributed by atoms with Gasteiger partial charge in [0.25, 0.3) is 0 Å². The van der Waals surface area contributed by atoms with Crippen LogP contribution < -0.4 is 10.5 Å². The lowest BCUT2D eigenvalue weighted by molar-refractivity contribution is 0.471. The van der Waals surface area contributed by atoms with Gasteiger partial charge >= 0.3 is 0 Å². The van der Waals surface area contributed by atoms with Crippen molar-refractivity contribution < 1.29 is 21.2 Å². The number of sulfonamides is 2. The molecule has 0 aliphatic carbocycles. The fraction of sp³-hybridized carbons (Fsp3) is 0.538. The Hall–Kier alpha value is -1.23. The molecule has 0 bridgehead atoms. The molecule has 1 fully saturated rings. The molecule has 1 aliphatic heterocycles. The van der Waals surface area contributed by atoms with Crippen molar-refractivity contribution in [3.05, 3.63) is 24.0 Å². The van der Waals surface area contributed by atoms with Crippen molar-refractivity contribution in [1.82, 2.24) is 4.31 Å². The Balaban J connectivity index is 2.25. The number of halogens is 1. The smallest absolute Gasteiger partial charge is 0.243 e. The number of rotatable bonds is 6. The summed E-state index contributed by atoms with van der Waals surface area (Å²) in [6.07, 6.45) is 0.940. The van der Waals surface area contributed by atoms with Crippen molar-refractivity contribution in [3.8, 4) is 0 Å². The minimum absolute atomic E-state index is 0.141. The van der Waals surface area contributed by atoms with Crippen LogP contribution in [-0.4, -0.2) is 46.0 Å². The molecular formula is C13H20FN3O4S2. The third-order valence-electron chi connectivity index (χ3n) is 3.50. The highest BCUT2D eigenvalue weighted by atomic mass is 32.2. The molecule has 0 amide bonds. The summed E-state index contributed by atoms with van der Waals surface area (Å²) >= 11 is 0. The van der Waals surface area contributed by atoms with Crippen molar-refractivity contribution in [1.29, 1.82) is 0 Å². The number of anilines is 1. The van der Waals surface area contributed by atoms with E-state index in [4.69, 9.17) is 5.73 Å². The summed E-state index contributed by atoms with van der Waals surface area (Å²) < 4.78 is 65.5. The van der Waals surface area contributed by atoms with Crippen molar-refractivity contribution in [2.24, 2.45) is 5.73 Å². The average molecular weight is 365 g/mol. The molecular weight excluding hydrogens is 345 g/mol. The molecule has 2 rings (SSSR count). The summed E-state index contributed by atoms with van der Waals surface area (Å²) in [5, 5.41) is 0. The van der Waals surface area contributed by atoms with Crippen molar-refractivity contribution >= 4 is 25.7 Å². The van der Waals surface area contributed by atoms with Crippen LogP contribution in [0.3, 0.4) is 0 Å². The number of benzene rings is 1. The third kappa shape index (κ3) is 4.19. The second kappa shape index (κ2) is 6.71. The fourth-order valence-corrected chi connectivity index (χ4v) is 5.01. The van der Waals surface area contributed by atoms with Crippen LogP contribution in [0.1, 0.15) is 19.8 Å². The molecule has 0 radical (unpaired) electrons. The first-order chi connectivity index (χ1) is 10.7. The molecule has 3 N–H and O–H groups in total. The minimum Gasteiger partial charge on any atom is -0.326 e. The van der Waals surface area contributed by atoms with Crippen molar-refractivity contribution in [3.63, 3.8) is 0 Å². The fourth-order valence-electron chi connectivity index (χ4n) is 2.35. The summed E-state index contributed by atoms with van der Waals surface area (Å²) in [6, 6.07) is 2.90. The number of nitrogens with zero attached hydrogens (tertiary/aromatic N) is 1. The molecule has 1 atom stereocenters. The third-order valence-corrected chi connectivity index (χ3v) is 6.84. The van der Waals surface area contributed by atoms with E-state index in [2.05, 4.69) is 4.72 Å². The molecule has 0 unspecified atom stereocenters. The first kappa shape index (κ1) is 18.1. The van der Waals surface area contributed by atoms with E-state index in [1.54, 1.807) is 6.92 Å². The lowest BCUT2D eigenvalue weighted by Gasteiger charge is -2.16. The molecule has 10 heteroatoms. The van der Waals surface area contributed by atoms with Crippen LogP contribution in [0, 0.1) is 5.82 Å². The second-order valence-electron chi connectivity index (χ2n) is 5.47. The van der Waals surface area contributed by atoms with Gasteiger partial charge in [0.1, 0.15) is 5.82 Å². The van der Waals surface area contributed by atoms with E-state index in [0.717, 1.165) is 12.1 Å². The van der Waals surface area contributed by atoms with Crippen LogP contribution in [-0.2, 0) is 20.0 Å². The standard InChI is InChI=1S/C13H20FN3O4S2/c1-2-7-22(18,19)16-13-4-3-11(8-12(13)14)23(20,21)17-6-5-10(15)9-17/h3-4,8,10,16H,2,5-7,9,15H2,1H3/t10-/m1/s1. The highest BCUT2D eigenvalue weighted by molar-refractivity contribution is 7.92. The summed E-state index contributed by atoms with van der Waals surface area (Å²) in [7, 11) is -7.47. The number of nitrogens with two attached hydrogens (primary N) is 1. The number of nitrogens with one attached hydrogen (secondary N) is 1. The van der Waals surface area contributed by atoms with Crippen LogP contribution in [0.4, 0.5) is 10.1 Å². The Kier molecular flexibility index (Phi) is 5.29.